The topological polar surface area (TPSA) is 80.1 Å². The molecule has 3 aromatic rings. The Morgan fingerprint density at radius 3 is 2.60 bits per heavy atom. The van der Waals surface area contributed by atoms with Crippen LogP contribution >= 0.6 is 0 Å². The number of nitrogens with one attached hydrogen (secondary N) is 1. The summed E-state index contributed by atoms with van der Waals surface area (Å²) >= 11 is 0. The standard InChI is InChI=1S/C23H27N5O2/c1-3-28-20-19(10-7-13-24-20)26-21(23(28)30)27-14-11-18(12-15-27)22(29)25-16(2)17-8-5-4-6-9-17/h4-10,13,16,18H,3,11-12,14-15H2,1-2H3,(H,25,29)/t16-/m1/s1. The highest BCUT2D eigenvalue weighted by atomic mass is 16.2. The van der Waals surface area contributed by atoms with Crippen LogP contribution in [0.25, 0.3) is 11.2 Å². The van der Waals surface area contributed by atoms with Gasteiger partial charge in [-0.3, -0.25) is 14.2 Å². The Labute approximate surface area is 175 Å². The van der Waals surface area contributed by atoms with E-state index in [2.05, 4.69) is 15.3 Å². The van der Waals surface area contributed by atoms with Gasteiger partial charge in [0.2, 0.25) is 5.91 Å². The van der Waals surface area contributed by atoms with E-state index in [1.165, 1.54) is 0 Å². The van der Waals surface area contributed by atoms with Gasteiger partial charge < -0.3 is 10.2 Å². The number of pyridine rings is 1. The molecule has 1 fully saturated rings. The van der Waals surface area contributed by atoms with E-state index in [4.69, 9.17) is 0 Å². The lowest BCUT2D eigenvalue weighted by Gasteiger charge is -2.32. The van der Waals surface area contributed by atoms with Gasteiger partial charge >= 0.3 is 0 Å². The summed E-state index contributed by atoms with van der Waals surface area (Å²) in [5.41, 5.74) is 2.30. The van der Waals surface area contributed by atoms with E-state index in [9.17, 15) is 9.59 Å². The first kappa shape index (κ1) is 20.1. The number of carbonyl (C=O) groups is 1. The third-order valence-corrected chi connectivity index (χ3v) is 5.82. The van der Waals surface area contributed by atoms with E-state index < -0.39 is 0 Å². The van der Waals surface area contributed by atoms with E-state index in [0.717, 1.165) is 5.56 Å². The zero-order chi connectivity index (χ0) is 21.1. The Morgan fingerprint density at radius 2 is 1.90 bits per heavy atom. The Bertz CT molecular complexity index is 1090. The monoisotopic (exact) mass is 405 g/mol. The lowest BCUT2D eigenvalue weighted by molar-refractivity contribution is -0.126. The SMILES string of the molecule is CCn1c(=O)c(N2CCC(C(=O)N[C@H](C)c3ccccc3)CC2)nc2cccnc21. The quantitative estimate of drug-likeness (QED) is 0.706. The van der Waals surface area contributed by atoms with Crippen molar-refractivity contribution in [2.24, 2.45) is 5.92 Å². The molecule has 0 saturated carbocycles. The van der Waals surface area contributed by atoms with Crippen molar-refractivity contribution in [1.29, 1.82) is 0 Å². The van der Waals surface area contributed by atoms with Crippen LogP contribution in [-0.4, -0.2) is 33.5 Å². The average Bonchev–Trinajstić information content (AvgIpc) is 2.79. The Morgan fingerprint density at radius 1 is 1.17 bits per heavy atom. The third kappa shape index (κ3) is 3.92. The Balaban J connectivity index is 1.45. The molecule has 3 heterocycles. The maximum absolute atomic E-state index is 13.0. The molecule has 0 bridgehead atoms. The molecule has 1 saturated heterocycles. The van der Waals surface area contributed by atoms with E-state index in [1.807, 2.05) is 61.2 Å². The van der Waals surface area contributed by atoms with Gasteiger partial charge in [-0.05, 0) is 44.4 Å². The van der Waals surface area contributed by atoms with Crippen molar-refractivity contribution in [3.63, 3.8) is 0 Å². The molecular formula is C23H27N5O2. The lowest BCUT2D eigenvalue weighted by Crippen LogP contribution is -2.43. The molecule has 1 amide bonds. The number of amides is 1. The highest BCUT2D eigenvalue weighted by Gasteiger charge is 2.28. The molecule has 0 radical (unpaired) electrons. The highest BCUT2D eigenvalue weighted by Crippen LogP contribution is 2.23. The fraction of sp³-hybridized carbons (Fsp3) is 0.391. The van der Waals surface area contributed by atoms with Crippen molar-refractivity contribution >= 4 is 22.9 Å². The number of fused-ring (bicyclic) bond motifs is 1. The number of hydrogen-bond donors (Lipinski definition) is 1. The van der Waals surface area contributed by atoms with Crippen molar-refractivity contribution in [3.05, 3.63) is 64.6 Å². The number of anilines is 1. The molecule has 1 N–H and O–H groups in total. The molecule has 156 valence electrons. The lowest BCUT2D eigenvalue weighted by atomic mass is 9.95. The third-order valence-electron chi connectivity index (χ3n) is 5.82. The van der Waals surface area contributed by atoms with Crippen LogP contribution < -0.4 is 15.8 Å². The second-order valence-electron chi connectivity index (χ2n) is 7.73. The number of hydrogen-bond acceptors (Lipinski definition) is 5. The number of aryl methyl sites for hydroxylation is 1. The molecule has 2 aromatic heterocycles. The molecule has 4 rings (SSSR count). The smallest absolute Gasteiger partial charge is 0.295 e. The first-order valence-corrected chi connectivity index (χ1v) is 10.5. The number of aromatic nitrogens is 3. The minimum atomic E-state index is -0.121. The first-order chi connectivity index (χ1) is 14.6. The molecule has 1 aliphatic rings. The highest BCUT2D eigenvalue weighted by molar-refractivity contribution is 5.79. The summed E-state index contributed by atoms with van der Waals surface area (Å²) in [4.78, 5) is 36.6. The normalized spacial score (nSPS) is 15.9. The Kier molecular flexibility index (Phi) is 5.79. The summed E-state index contributed by atoms with van der Waals surface area (Å²) in [7, 11) is 0. The molecule has 1 atom stereocenters. The maximum Gasteiger partial charge on any atom is 0.295 e. The minimum absolute atomic E-state index is 0.0249. The first-order valence-electron chi connectivity index (χ1n) is 10.5. The van der Waals surface area contributed by atoms with Gasteiger partial charge in [0, 0.05) is 31.7 Å². The van der Waals surface area contributed by atoms with Crippen LogP contribution in [0, 0.1) is 5.92 Å². The molecule has 0 unspecified atom stereocenters. The summed E-state index contributed by atoms with van der Waals surface area (Å²) in [5, 5.41) is 3.13. The molecule has 30 heavy (non-hydrogen) atoms. The van der Waals surface area contributed by atoms with Crippen molar-refractivity contribution < 1.29 is 4.79 Å². The van der Waals surface area contributed by atoms with Crippen LogP contribution in [0.3, 0.4) is 0 Å². The molecule has 0 spiro atoms. The van der Waals surface area contributed by atoms with Gasteiger partial charge in [-0.25, -0.2) is 9.97 Å². The van der Waals surface area contributed by atoms with Gasteiger partial charge in [-0.2, -0.15) is 0 Å². The van der Waals surface area contributed by atoms with Gasteiger partial charge in [-0.1, -0.05) is 30.3 Å². The fourth-order valence-electron chi connectivity index (χ4n) is 4.07. The zero-order valence-corrected chi connectivity index (χ0v) is 17.4. The van der Waals surface area contributed by atoms with E-state index in [1.54, 1.807) is 10.8 Å². The van der Waals surface area contributed by atoms with Crippen LogP contribution in [0.2, 0.25) is 0 Å². The van der Waals surface area contributed by atoms with Gasteiger partial charge in [0.05, 0.1) is 6.04 Å². The second kappa shape index (κ2) is 8.65. The number of piperidine rings is 1. The number of benzene rings is 1. The summed E-state index contributed by atoms with van der Waals surface area (Å²) < 4.78 is 1.66. The summed E-state index contributed by atoms with van der Waals surface area (Å²) in [6.45, 7) is 5.75. The van der Waals surface area contributed by atoms with Crippen LogP contribution in [0.5, 0.6) is 0 Å². The minimum Gasteiger partial charge on any atom is -0.352 e. The predicted octanol–water partition coefficient (Wildman–Crippen LogP) is 2.91. The average molecular weight is 406 g/mol. The summed E-state index contributed by atoms with van der Waals surface area (Å²) in [5.74, 6) is 0.476. The molecule has 0 aliphatic carbocycles. The zero-order valence-electron chi connectivity index (χ0n) is 17.4. The van der Waals surface area contributed by atoms with Crippen molar-refractivity contribution in [3.8, 4) is 0 Å². The summed E-state index contributed by atoms with van der Waals surface area (Å²) in [6, 6.07) is 13.6. The van der Waals surface area contributed by atoms with Crippen LogP contribution in [0.1, 0.15) is 38.3 Å². The molecule has 1 aliphatic heterocycles. The van der Waals surface area contributed by atoms with E-state index >= 15 is 0 Å². The van der Waals surface area contributed by atoms with Gasteiger partial charge in [-0.15, -0.1) is 0 Å². The molecule has 7 heteroatoms. The maximum atomic E-state index is 13.0. The number of nitrogens with zero attached hydrogens (tertiary/aromatic N) is 4. The van der Waals surface area contributed by atoms with Gasteiger partial charge in [0.15, 0.2) is 11.5 Å². The van der Waals surface area contributed by atoms with E-state index in [0.29, 0.717) is 49.5 Å². The number of carbonyl (C=O) groups excluding carboxylic acids is 1. The Hall–Kier alpha value is -3.22. The molecule has 1 aromatic carbocycles. The van der Waals surface area contributed by atoms with Crippen molar-refractivity contribution in [2.45, 2.75) is 39.3 Å². The van der Waals surface area contributed by atoms with Crippen LogP contribution in [-0.2, 0) is 11.3 Å². The van der Waals surface area contributed by atoms with E-state index in [-0.39, 0.29) is 23.4 Å². The predicted molar refractivity (Wildman–Crippen MR) is 117 cm³/mol. The second-order valence-corrected chi connectivity index (χ2v) is 7.73. The van der Waals surface area contributed by atoms with Crippen molar-refractivity contribution in [2.75, 3.05) is 18.0 Å². The van der Waals surface area contributed by atoms with Crippen LogP contribution in [0.4, 0.5) is 5.82 Å². The van der Waals surface area contributed by atoms with Crippen LogP contribution in [0.15, 0.2) is 53.5 Å². The van der Waals surface area contributed by atoms with Gasteiger partial charge in [0.25, 0.3) is 5.56 Å². The molecule has 7 nitrogen and oxygen atoms in total. The fourth-order valence-corrected chi connectivity index (χ4v) is 4.07. The van der Waals surface area contributed by atoms with Gasteiger partial charge in [0.1, 0.15) is 5.52 Å². The van der Waals surface area contributed by atoms with Crippen molar-refractivity contribution in [1.82, 2.24) is 19.9 Å². The number of rotatable bonds is 5. The molecular weight excluding hydrogens is 378 g/mol. The summed E-state index contributed by atoms with van der Waals surface area (Å²) in [6.07, 6.45) is 3.08. The largest absolute Gasteiger partial charge is 0.352 e.